The minimum Gasteiger partial charge on any atom is -0.462 e. The number of phosphoric ester groups is 2. The van der Waals surface area contributed by atoms with E-state index in [0.29, 0.717) is 25.7 Å². The molecule has 0 aliphatic rings. The molecule has 0 saturated carbocycles. The van der Waals surface area contributed by atoms with Crippen LogP contribution in [0.25, 0.3) is 0 Å². The normalized spacial score (nSPS) is 13.9. The molecule has 0 aliphatic heterocycles. The Bertz CT molecular complexity index is 1840. The zero-order valence-corrected chi connectivity index (χ0v) is 64.3. The lowest BCUT2D eigenvalue weighted by Gasteiger charge is -2.21. The maximum Gasteiger partial charge on any atom is 0.472 e. The van der Waals surface area contributed by atoms with Crippen molar-refractivity contribution in [2.45, 2.75) is 425 Å². The van der Waals surface area contributed by atoms with Crippen LogP contribution in [-0.4, -0.2) is 96.7 Å². The summed E-state index contributed by atoms with van der Waals surface area (Å²) in [6.45, 7) is 7.27. The first-order valence-electron chi connectivity index (χ1n) is 40.1. The van der Waals surface area contributed by atoms with E-state index < -0.39 is 97.5 Å². The van der Waals surface area contributed by atoms with E-state index in [0.717, 1.165) is 109 Å². The molecule has 0 aliphatic carbocycles. The Morgan fingerprint density at radius 2 is 0.479 bits per heavy atom. The van der Waals surface area contributed by atoms with Gasteiger partial charge in [0.1, 0.15) is 19.3 Å². The molecule has 0 aromatic heterocycles. The number of ether oxygens (including phenoxy) is 4. The summed E-state index contributed by atoms with van der Waals surface area (Å²) in [6.07, 6.45) is 59.9. The number of hydrogen-bond donors (Lipinski definition) is 3. The third-order valence-corrected chi connectivity index (χ3v) is 19.9. The van der Waals surface area contributed by atoms with Gasteiger partial charge in [-0.1, -0.05) is 356 Å². The van der Waals surface area contributed by atoms with Gasteiger partial charge in [0.2, 0.25) is 0 Å². The fourth-order valence-corrected chi connectivity index (χ4v) is 13.5. The van der Waals surface area contributed by atoms with Gasteiger partial charge in [-0.2, -0.15) is 0 Å². The second kappa shape index (κ2) is 70.1. The average molecular weight is 1410 g/mol. The van der Waals surface area contributed by atoms with E-state index in [1.165, 1.54) is 218 Å². The van der Waals surface area contributed by atoms with Gasteiger partial charge in [-0.25, -0.2) is 9.13 Å². The van der Waals surface area contributed by atoms with Crippen LogP contribution in [0.4, 0.5) is 0 Å². The first-order valence-corrected chi connectivity index (χ1v) is 43.1. The number of phosphoric acid groups is 2. The summed E-state index contributed by atoms with van der Waals surface area (Å²) in [6, 6.07) is 0. The van der Waals surface area contributed by atoms with Crippen LogP contribution >= 0.6 is 15.6 Å². The second-order valence-corrected chi connectivity index (χ2v) is 31.1. The number of carbonyl (C=O) groups is 4. The molecule has 0 aromatic rings. The zero-order chi connectivity index (χ0) is 70.5. The predicted octanol–water partition coefficient (Wildman–Crippen LogP) is 22.9. The molecule has 96 heavy (non-hydrogen) atoms. The number of hydrogen-bond acceptors (Lipinski definition) is 15. The Balaban J connectivity index is 5.15. The van der Waals surface area contributed by atoms with Crippen molar-refractivity contribution in [2.24, 2.45) is 5.92 Å². The van der Waals surface area contributed by atoms with Crippen molar-refractivity contribution in [3.63, 3.8) is 0 Å². The van der Waals surface area contributed by atoms with Crippen LogP contribution in [0.5, 0.6) is 0 Å². The highest BCUT2D eigenvalue weighted by molar-refractivity contribution is 7.47. The minimum atomic E-state index is -4.96. The van der Waals surface area contributed by atoms with Crippen LogP contribution in [0.1, 0.15) is 407 Å². The maximum atomic E-state index is 13.1. The summed E-state index contributed by atoms with van der Waals surface area (Å²) in [5.74, 6) is -1.33. The fourth-order valence-electron chi connectivity index (χ4n) is 11.9. The highest BCUT2D eigenvalue weighted by atomic mass is 31.2. The highest BCUT2D eigenvalue weighted by Crippen LogP contribution is 2.45. The standard InChI is InChI=1S/C77H150O17P2/c1-6-9-12-15-18-20-22-23-24-25-26-27-28-29-30-31-34-39-43-48-53-58-63-77(82)94-73(67-88-75(80)61-56-51-46-41-38-35-32-33-37-40-45-49-54-59-70(4)5)69-92-96(85,86)90-65-71(78)64-89-95(83,84)91-68-72(66-87-74(79)60-55-50-44-17-14-11-8-3)93-76(81)62-57-52-47-42-36-21-19-16-13-10-7-2/h70-73,78H,6-69H2,1-5H3,(H,83,84)(H,85,86)/t71-,72+,73+/m0/s1. The zero-order valence-electron chi connectivity index (χ0n) is 62.5. The smallest absolute Gasteiger partial charge is 0.462 e. The Morgan fingerprint density at radius 3 is 0.708 bits per heavy atom. The molecule has 5 atom stereocenters. The van der Waals surface area contributed by atoms with Crippen LogP contribution in [0.3, 0.4) is 0 Å². The van der Waals surface area contributed by atoms with Crippen molar-refractivity contribution in [3.8, 4) is 0 Å². The van der Waals surface area contributed by atoms with Gasteiger partial charge < -0.3 is 33.8 Å². The van der Waals surface area contributed by atoms with Crippen molar-refractivity contribution in [1.82, 2.24) is 0 Å². The summed E-state index contributed by atoms with van der Waals surface area (Å²) in [5, 5.41) is 10.6. The third kappa shape index (κ3) is 70.5. The van der Waals surface area contributed by atoms with Crippen LogP contribution in [0.2, 0.25) is 0 Å². The third-order valence-electron chi connectivity index (χ3n) is 18.0. The van der Waals surface area contributed by atoms with Crippen molar-refractivity contribution in [1.29, 1.82) is 0 Å². The van der Waals surface area contributed by atoms with E-state index in [2.05, 4.69) is 34.6 Å². The Hall–Kier alpha value is -1.94. The Morgan fingerprint density at radius 1 is 0.281 bits per heavy atom. The number of rotatable bonds is 77. The summed E-state index contributed by atoms with van der Waals surface area (Å²) in [7, 11) is -9.90. The fraction of sp³-hybridized carbons (Fsp3) is 0.948. The Labute approximate surface area is 588 Å². The maximum absolute atomic E-state index is 13.1. The average Bonchev–Trinajstić information content (AvgIpc) is 2.08. The van der Waals surface area contributed by atoms with Gasteiger partial charge in [0.25, 0.3) is 0 Å². The summed E-state index contributed by atoms with van der Waals surface area (Å²) >= 11 is 0. The molecule has 19 heteroatoms. The molecule has 0 heterocycles. The lowest BCUT2D eigenvalue weighted by molar-refractivity contribution is -0.161. The molecule has 0 fully saturated rings. The summed E-state index contributed by atoms with van der Waals surface area (Å²) in [4.78, 5) is 72.6. The molecule has 0 saturated heterocycles. The molecular formula is C77H150O17P2. The summed E-state index contributed by atoms with van der Waals surface area (Å²) in [5.41, 5.74) is 0. The van der Waals surface area contributed by atoms with Gasteiger partial charge >= 0.3 is 39.5 Å². The minimum absolute atomic E-state index is 0.107. The molecule has 2 unspecified atom stereocenters. The number of carbonyl (C=O) groups excluding carboxylic acids is 4. The van der Waals surface area contributed by atoms with Gasteiger partial charge in [-0.3, -0.25) is 37.3 Å². The molecule has 0 amide bonds. The molecule has 570 valence electrons. The van der Waals surface area contributed by atoms with Crippen LogP contribution < -0.4 is 0 Å². The van der Waals surface area contributed by atoms with Gasteiger partial charge in [-0.15, -0.1) is 0 Å². The lowest BCUT2D eigenvalue weighted by atomic mass is 10.0. The lowest BCUT2D eigenvalue weighted by Crippen LogP contribution is -2.30. The van der Waals surface area contributed by atoms with E-state index >= 15 is 0 Å². The molecule has 0 bridgehead atoms. The molecule has 17 nitrogen and oxygen atoms in total. The molecule has 0 aromatic carbocycles. The van der Waals surface area contributed by atoms with Crippen molar-refractivity contribution in [2.75, 3.05) is 39.6 Å². The van der Waals surface area contributed by atoms with E-state index in [-0.39, 0.29) is 25.7 Å². The van der Waals surface area contributed by atoms with E-state index in [4.69, 9.17) is 37.0 Å². The van der Waals surface area contributed by atoms with E-state index in [1.807, 2.05) is 0 Å². The van der Waals surface area contributed by atoms with Gasteiger partial charge in [0.15, 0.2) is 12.2 Å². The summed E-state index contributed by atoms with van der Waals surface area (Å²) < 4.78 is 68.4. The van der Waals surface area contributed by atoms with Gasteiger partial charge in [-0.05, 0) is 31.6 Å². The monoisotopic (exact) mass is 1410 g/mol. The van der Waals surface area contributed by atoms with Gasteiger partial charge in [0.05, 0.1) is 26.4 Å². The van der Waals surface area contributed by atoms with Crippen molar-refractivity contribution >= 4 is 39.5 Å². The molecule has 0 rings (SSSR count). The number of esters is 4. The number of unbranched alkanes of at least 4 members (excludes halogenated alkanes) is 49. The molecular weight excluding hydrogens is 1260 g/mol. The van der Waals surface area contributed by atoms with Crippen LogP contribution in [-0.2, 0) is 65.4 Å². The number of aliphatic hydroxyl groups excluding tert-OH is 1. The van der Waals surface area contributed by atoms with Crippen molar-refractivity contribution < 1.29 is 80.2 Å². The van der Waals surface area contributed by atoms with Crippen LogP contribution in [0.15, 0.2) is 0 Å². The van der Waals surface area contributed by atoms with E-state index in [9.17, 15) is 43.2 Å². The quantitative estimate of drug-likeness (QED) is 0.0222. The molecule has 0 spiro atoms. The van der Waals surface area contributed by atoms with Crippen molar-refractivity contribution in [3.05, 3.63) is 0 Å². The van der Waals surface area contributed by atoms with Gasteiger partial charge in [0, 0.05) is 25.7 Å². The topological polar surface area (TPSA) is 237 Å². The molecule has 3 N–H and O–H groups in total. The number of aliphatic hydroxyl groups is 1. The van der Waals surface area contributed by atoms with Crippen LogP contribution in [0, 0.1) is 5.92 Å². The first kappa shape index (κ1) is 94.1. The largest absolute Gasteiger partial charge is 0.472 e. The second-order valence-electron chi connectivity index (χ2n) is 28.2. The Kier molecular flexibility index (Phi) is 68.7. The predicted molar refractivity (Wildman–Crippen MR) is 391 cm³/mol. The first-order chi connectivity index (χ1) is 46.5. The highest BCUT2D eigenvalue weighted by Gasteiger charge is 2.30. The van der Waals surface area contributed by atoms with E-state index in [1.54, 1.807) is 0 Å². The SMILES string of the molecule is CCCCCCCCCCCCCCCCCCCCCCCCC(=O)O[C@H](COC(=O)CCCCCCCCCCCCCCCC(C)C)COP(=O)(O)OC[C@@H](O)COP(=O)(O)OC[C@@H](COC(=O)CCCCCCCCC)OC(=O)CCCCCCCCCCCCC. The molecule has 0 radical (unpaired) electrons.